The fraction of sp³-hybridized carbons (Fsp3) is 0.211. The van der Waals surface area contributed by atoms with Crippen LogP contribution in [0.3, 0.4) is 0 Å². The molecule has 0 aliphatic heterocycles. The van der Waals surface area contributed by atoms with Crippen LogP contribution in [-0.4, -0.2) is 19.1 Å². The molecule has 1 heterocycles. The third-order valence-electron chi connectivity index (χ3n) is 3.80. The highest BCUT2D eigenvalue weighted by molar-refractivity contribution is 9.10. The Labute approximate surface area is 150 Å². The normalized spacial score (nSPS) is 12.1. The second-order valence-corrected chi connectivity index (χ2v) is 6.67. The third-order valence-corrected chi connectivity index (χ3v) is 4.29. The summed E-state index contributed by atoms with van der Waals surface area (Å²) in [6.45, 7) is 1.54. The zero-order chi connectivity index (χ0) is 16.9. The van der Waals surface area contributed by atoms with Crippen molar-refractivity contribution in [3.63, 3.8) is 0 Å². The van der Waals surface area contributed by atoms with Crippen molar-refractivity contribution in [2.45, 2.75) is 13.1 Å². The lowest BCUT2D eigenvalue weighted by molar-refractivity contribution is -0.909. The fourth-order valence-corrected chi connectivity index (χ4v) is 3.07. The van der Waals surface area contributed by atoms with Crippen LogP contribution >= 0.6 is 15.9 Å². The molecule has 0 aliphatic rings. The molecule has 0 spiro atoms. The molecule has 3 aromatic rings. The van der Waals surface area contributed by atoms with E-state index in [1.54, 1.807) is 13.3 Å². The lowest BCUT2D eigenvalue weighted by atomic mass is 10.2. The van der Waals surface area contributed by atoms with E-state index in [4.69, 9.17) is 9.15 Å². The number of oxazole rings is 1. The van der Waals surface area contributed by atoms with Gasteiger partial charge in [0.1, 0.15) is 12.3 Å². The standard InChI is InChI=1S/C19H19BrN2O2/c1-22(12-15-10-16(20)8-9-17(15)23-2)13-19-21-11-18(24-19)14-6-4-3-5-7-14/h3-11H,12-13H2,1-2H3/p+1. The number of benzene rings is 2. The average Bonchev–Trinajstić information content (AvgIpc) is 3.04. The molecule has 2 aromatic carbocycles. The summed E-state index contributed by atoms with van der Waals surface area (Å²) in [6.07, 6.45) is 1.79. The summed E-state index contributed by atoms with van der Waals surface area (Å²) in [5.41, 5.74) is 2.20. The van der Waals surface area contributed by atoms with Crippen molar-refractivity contribution in [3.8, 4) is 17.1 Å². The third kappa shape index (κ3) is 4.04. The first-order valence-corrected chi connectivity index (χ1v) is 8.59. The molecule has 1 atom stereocenters. The van der Waals surface area contributed by atoms with E-state index in [9.17, 15) is 0 Å². The van der Waals surface area contributed by atoms with Gasteiger partial charge in [-0.3, -0.25) is 0 Å². The highest BCUT2D eigenvalue weighted by Crippen LogP contribution is 2.22. The van der Waals surface area contributed by atoms with Crippen LogP contribution in [0.5, 0.6) is 5.75 Å². The second kappa shape index (κ2) is 7.64. The SMILES string of the molecule is COc1ccc(Br)cc1C[NH+](C)Cc1ncc(-c2ccccc2)o1. The number of hydrogen-bond acceptors (Lipinski definition) is 3. The maximum atomic E-state index is 5.89. The number of halogens is 1. The van der Waals surface area contributed by atoms with Crippen molar-refractivity contribution >= 4 is 15.9 Å². The first-order chi connectivity index (χ1) is 11.7. The predicted molar refractivity (Wildman–Crippen MR) is 96.9 cm³/mol. The zero-order valence-electron chi connectivity index (χ0n) is 13.8. The summed E-state index contributed by atoms with van der Waals surface area (Å²) in [5.74, 6) is 2.44. The van der Waals surface area contributed by atoms with Crippen LogP contribution in [0, 0.1) is 0 Å². The highest BCUT2D eigenvalue weighted by atomic mass is 79.9. The van der Waals surface area contributed by atoms with Gasteiger partial charge in [0.2, 0.25) is 0 Å². The molecule has 0 aliphatic carbocycles. The Bertz CT molecular complexity index is 802. The molecule has 1 N–H and O–H groups in total. The van der Waals surface area contributed by atoms with E-state index >= 15 is 0 Å². The summed E-state index contributed by atoms with van der Waals surface area (Å²) >= 11 is 3.52. The molecule has 1 aromatic heterocycles. The van der Waals surface area contributed by atoms with Crippen molar-refractivity contribution in [2.24, 2.45) is 0 Å². The zero-order valence-corrected chi connectivity index (χ0v) is 15.3. The molecule has 0 amide bonds. The number of aromatic nitrogens is 1. The number of rotatable bonds is 6. The minimum Gasteiger partial charge on any atom is -0.496 e. The lowest BCUT2D eigenvalue weighted by Crippen LogP contribution is -3.06. The first kappa shape index (κ1) is 16.7. The van der Waals surface area contributed by atoms with E-state index in [0.717, 1.165) is 39.5 Å². The molecule has 1 unspecified atom stereocenters. The smallest absolute Gasteiger partial charge is 0.250 e. The number of quaternary nitrogens is 1. The summed E-state index contributed by atoms with van der Waals surface area (Å²) in [4.78, 5) is 5.68. The van der Waals surface area contributed by atoms with E-state index in [1.807, 2.05) is 42.5 Å². The van der Waals surface area contributed by atoms with Gasteiger partial charge in [-0.1, -0.05) is 46.3 Å². The summed E-state index contributed by atoms with van der Waals surface area (Å²) < 4.78 is 12.4. The molecule has 3 rings (SSSR count). The van der Waals surface area contributed by atoms with Crippen molar-refractivity contribution in [2.75, 3.05) is 14.2 Å². The molecule has 24 heavy (non-hydrogen) atoms. The monoisotopic (exact) mass is 387 g/mol. The van der Waals surface area contributed by atoms with E-state index < -0.39 is 0 Å². The minimum absolute atomic E-state index is 0.711. The van der Waals surface area contributed by atoms with Gasteiger partial charge in [-0.15, -0.1) is 0 Å². The van der Waals surface area contributed by atoms with Gasteiger partial charge in [-0.25, -0.2) is 4.98 Å². The first-order valence-electron chi connectivity index (χ1n) is 7.79. The van der Waals surface area contributed by atoms with E-state index in [-0.39, 0.29) is 0 Å². The Balaban J connectivity index is 1.69. The number of hydrogen-bond donors (Lipinski definition) is 1. The van der Waals surface area contributed by atoms with Crippen LogP contribution in [-0.2, 0) is 13.1 Å². The Kier molecular flexibility index (Phi) is 5.33. The summed E-state index contributed by atoms with van der Waals surface area (Å²) in [5, 5.41) is 0. The maximum absolute atomic E-state index is 5.89. The predicted octanol–water partition coefficient (Wildman–Crippen LogP) is 3.33. The number of ether oxygens (including phenoxy) is 1. The lowest BCUT2D eigenvalue weighted by Gasteiger charge is -2.14. The molecular weight excluding hydrogens is 368 g/mol. The Hall–Kier alpha value is -2.11. The maximum Gasteiger partial charge on any atom is 0.250 e. The van der Waals surface area contributed by atoms with Crippen molar-refractivity contribution < 1.29 is 14.1 Å². The Morgan fingerprint density at radius 2 is 1.92 bits per heavy atom. The molecule has 5 heteroatoms. The van der Waals surface area contributed by atoms with Crippen molar-refractivity contribution in [3.05, 3.63) is 70.7 Å². The Morgan fingerprint density at radius 1 is 1.12 bits per heavy atom. The van der Waals surface area contributed by atoms with E-state index in [1.165, 1.54) is 4.90 Å². The van der Waals surface area contributed by atoms with Crippen molar-refractivity contribution in [1.82, 2.24) is 4.98 Å². The number of nitrogens with one attached hydrogen (secondary N) is 1. The van der Waals surface area contributed by atoms with Crippen LogP contribution in [0.1, 0.15) is 11.5 Å². The highest BCUT2D eigenvalue weighted by Gasteiger charge is 2.14. The molecule has 4 nitrogen and oxygen atoms in total. The molecule has 0 radical (unpaired) electrons. The molecule has 0 saturated heterocycles. The molecule has 0 fully saturated rings. The van der Waals surface area contributed by atoms with Crippen LogP contribution in [0.25, 0.3) is 11.3 Å². The summed E-state index contributed by atoms with van der Waals surface area (Å²) in [7, 11) is 3.81. The van der Waals surface area contributed by atoms with E-state index in [2.05, 4.69) is 34.0 Å². The molecule has 0 bridgehead atoms. The van der Waals surface area contributed by atoms with Gasteiger partial charge in [0.05, 0.1) is 20.4 Å². The van der Waals surface area contributed by atoms with Crippen LogP contribution in [0.15, 0.2) is 63.6 Å². The van der Waals surface area contributed by atoms with Crippen molar-refractivity contribution in [1.29, 1.82) is 0 Å². The number of methoxy groups -OCH3 is 1. The quantitative estimate of drug-likeness (QED) is 0.704. The van der Waals surface area contributed by atoms with E-state index in [0.29, 0.717) is 6.54 Å². The van der Waals surface area contributed by atoms with Gasteiger partial charge in [-0.2, -0.15) is 0 Å². The van der Waals surface area contributed by atoms with Crippen LogP contribution in [0.2, 0.25) is 0 Å². The van der Waals surface area contributed by atoms with Gasteiger partial charge in [0.25, 0.3) is 5.89 Å². The second-order valence-electron chi connectivity index (χ2n) is 5.75. The van der Waals surface area contributed by atoms with Gasteiger partial charge in [0.15, 0.2) is 12.3 Å². The van der Waals surface area contributed by atoms with Crippen LogP contribution in [0.4, 0.5) is 0 Å². The summed E-state index contributed by atoms with van der Waals surface area (Å²) in [6, 6.07) is 16.1. The minimum atomic E-state index is 0.711. The largest absolute Gasteiger partial charge is 0.496 e. The van der Waals surface area contributed by atoms with Gasteiger partial charge >= 0.3 is 0 Å². The van der Waals surface area contributed by atoms with Gasteiger partial charge < -0.3 is 14.1 Å². The topological polar surface area (TPSA) is 39.7 Å². The van der Waals surface area contributed by atoms with Gasteiger partial charge in [-0.05, 0) is 18.2 Å². The average molecular weight is 388 g/mol. The fourth-order valence-electron chi connectivity index (χ4n) is 2.66. The van der Waals surface area contributed by atoms with Gasteiger partial charge in [0, 0.05) is 15.6 Å². The molecule has 124 valence electrons. The molecular formula is C19H20BrN2O2+. The van der Waals surface area contributed by atoms with Crippen LogP contribution < -0.4 is 9.64 Å². The Morgan fingerprint density at radius 3 is 2.67 bits per heavy atom. The molecule has 0 saturated carbocycles. The number of nitrogens with zero attached hydrogens (tertiary/aromatic N) is 1.